The zero-order chi connectivity index (χ0) is 13.3. The van der Waals surface area contributed by atoms with Crippen LogP contribution in [0.25, 0.3) is 0 Å². The summed E-state index contributed by atoms with van der Waals surface area (Å²) in [6.07, 6.45) is 1.09. The molecule has 0 amide bonds. The van der Waals surface area contributed by atoms with Crippen LogP contribution in [0.1, 0.15) is 25.3 Å². The maximum atomic E-state index is 13.2. The molecule has 0 saturated heterocycles. The smallest absolute Gasteiger partial charge is 0.316 e. The minimum atomic E-state index is -0.703. The van der Waals surface area contributed by atoms with Gasteiger partial charge < -0.3 is 10.5 Å². The van der Waals surface area contributed by atoms with Crippen LogP contribution in [0.4, 0.5) is 4.39 Å². The molecule has 0 heterocycles. The molecule has 3 nitrogen and oxygen atoms in total. The number of ether oxygens (including phenoxy) is 1. The number of carbonyl (C=O) groups is 1. The number of benzene rings is 1. The van der Waals surface area contributed by atoms with Crippen LogP contribution < -0.4 is 5.73 Å². The Labute approximate surface area is 114 Å². The van der Waals surface area contributed by atoms with E-state index >= 15 is 0 Å². The van der Waals surface area contributed by atoms with Gasteiger partial charge in [0.05, 0.1) is 16.5 Å². The highest BCUT2D eigenvalue weighted by molar-refractivity contribution is 9.10. The van der Waals surface area contributed by atoms with Crippen molar-refractivity contribution < 1.29 is 13.9 Å². The van der Waals surface area contributed by atoms with E-state index in [-0.39, 0.29) is 17.8 Å². The van der Waals surface area contributed by atoms with Crippen LogP contribution in [0, 0.1) is 5.82 Å². The number of rotatable bonds is 3. The number of hydrogen-bond acceptors (Lipinski definition) is 3. The molecule has 0 radical (unpaired) electrons. The molecule has 18 heavy (non-hydrogen) atoms. The maximum absolute atomic E-state index is 13.2. The van der Waals surface area contributed by atoms with E-state index in [1.807, 2.05) is 0 Å². The molecule has 0 atom stereocenters. The first-order valence-electron chi connectivity index (χ1n) is 5.88. The van der Waals surface area contributed by atoms with Crippen LogP contribution in [0.3, 0.4) is 0 Å². The van der Waals surface area contributed by atoms with Crippen molar-refractivity contribution >= 4 is 21.9 Å². The lowest BCUT2D eigenvalue weighted by Crippen LogP contribution is -2.54. The minimum absolute atomic E-state index is 0.00163. The molecule has 1 aliphatic carbocycles. The van der Waals surface area contributed by atoms with Crippen molar-refractivity contribution in [2.45, 2.75) is 31.2 Å². The van der Waals surface area contributed by atoms with E-state index in [1.54, 1.807) is 19.1 Å². The van der Waals surface area contributed by atoms with Gasteiger partial charge in [-0.2, -0.15) is 0 Å². The van der Waals surface area contributed by atoms with E-state index in [1.165, 1.54) is 6.07 Å². The summed E-state index contributed by atoms with van der Waals surface area (Å²) in [5, 5.41) is 0. The van der Waals surface area contributed by atoms with Gasteiger partial charge in [-0.25, -0.2) is 4.39 Å². The summed E-state index contributed by atoms with van der Waals surface area (Å²) in [5.74, 6) is -0.619. The average Bonchev–Trinajstić information content (AvgIpc) is 2.28. The van der Waals surface area contributed by atoms with Crippen LogP contribution in [-0.2, 0) is 14.9 Å². The summed E-state index contributed by atoms with van der Waals surface area (Å²) in [6.45, 7) is 2.10. The lowest BCUT2D eigenvalue weighted by Gasteiger charge is -2.44. The highest BCUT2D eigenvalue weighted by atomic mass is 79.9. The second kappa shape index (κ2) is 4.97. The Morgan fingerprint density at radius 2 is 2.28 bits per heavy atom. The number of halogens is 2. The second-order valence-electron chi connectivity index (χ2n) is 4.60. The predicted octanol–water partition coefficient (Wildman–Crippen LogP) is 2.51. The van der Waals surface area contributed by atoms with E-state index in [9.17, 15) is 9.18 Å². The standard InChI is InChI=1S/C13H15BrFNO2/c1-2-18-12(17)13(6-9(16)7-13)8-3-4-11(15)10(14)5-8/h3-5,9H,2,6-7,16H2,1H3. The highest BCUT2D eigenvalue weighted by Crippen LogP contribution is 2.44. The van der Waals surface area contributed by atoms with E-state index < -0.39 is 5.41 Å². The van der Waals surface area contributed by atoms with Crippen molar-refractivity contribution in [2.24, 2.45) is 5.73 Å². The molecule has 0 spiro atoms. The summed E-state index contributed by atoms with van der Waals surface area (Å²) in [5.41, 5.74) is 5.86. The monoisotopic (exact) mass is 315 g/mol. The molecule has 1 aliphatic rings. The second-order valence-corrected chi connectivity index (χ2v) is 5.45. The molecule has 1 saturated carbocycles. The molecule has 2 rings (SSSR count). The third kappa shape index (κ3) is 2.17. The van der Waals surface area contributed by atoms with Gasteiger partial charge in [0.25, 0.3) is 0 Å². The van der Waals surface area contributed by atoms with Crippen LogP contribution in [0.15, 0.2) is 22.7 Å². The number of esters is 1. The molecule has 1 fully saturated rings. The Morgan fingerprint density at radius 1 is 1.61 bits per heavy atom. The van der Waals surface area contributed by atoms with Gasteiger partial charge >= 0.3 is 5.97 Å². The summed E-state index contributed by atoms with van der Waals surface area (Å²) in [6, 6.07) is 4.61. The minimum Gasteiger partial charge on any atom is -0.465 e. The van der Waals surface area contributed by atoms with E-state index in [4.69, 9.17) is 10.5 Å². The molecule has 2 N–H and O–H groups in total. The fourth-order valence-electron chi connectivity index (χ4n) is 2.42. The Balaban J connectivity index is 2.35. The normalized spacial score (nSPS) is 26.6. The predicted molar refractivity (Wildman–Crippen MR) is 69.6 cm³/mol. The Kier molecular flexibility index (Phi) is 3.73. The van der Waals surface area contributed by atoms with Crippen LogP contribution in [0.5, 0.6) is 0 Å². The summed E-state index contributed by atoms with van der Waals surface area (Å²) >= 11 is 3.14. The maximum Gasteiger partial charge on any atom is 0.316 e. The molecule has 0 bridgehead atoms. The largest absolute Gasteiger partial charge is 0.465 e. The third-order valence-corrected chi connectivity index (χ3v) is 3.97. The average molecular weight is 316 g/mol. The lowest BCUT2D eigenvalue weighted by molar-refractivity contribution is -0.154. The van der Waals surface area contributed by atoms with Gasteiger partial charge in [-0.3, -0.25) is 4.79 Å². The number of nitrogens with two attached hydrogens (primary N) is 1. The molecule has 0 unspecified atom stereocenters. The molecule has 0 aliphatic heterocycles. The molecular formula is C13H15BrFNO2. The van der Waals surface area contributed by atoms with Gasteiger partial charge in [0.15, 0.2) is 0 Å². The van der Waals surface area contributed by atoms with E-state index in [0.29, 0.717) is 23.9 Å². The van der Waals surface area contributed by atoms with Gasteiger partial charge in [0.1, 0.15) is 5.82 Å². The van der Waals surface area contributed by atoms with Crippen LogP contribution in [-0.4, -0.2) is 18.6 Å². The van der Waals surface area contributed by atoms with Crippen molar-refractivity contribution in [3.8, 4) is 0 Å². The topological polar surface area (TPSA) is 52.3 Å². The number of hydrogen-bond donors (Lipinski definition) is 1. The summed E-state index contributed by atoms with van der Waals surface area (Å²) in [7, 11) is 0. The van der Waals surface area contributed by atoms with Crippen molar-refractivity contribution in [1.82, 2.24) is 0 Å². The highest BCUT2D eigenvalue weighted by Gasteiger charge is 2.51. The quantitative estimate of drug-likeness (QED) is 0.872. The Hall–Kier alpha value is -0.940. The molecule has 1 aromatic rings. The fraction of sp³-hybridized carbons (Fsp3) is 0.462. The Morgan fingerprint density at radius 3 is 2.78 bits per heavy atom. The SMILES string of the molecule is CCOC(=O)C1(c2ccc(F)c(Br)c2)CC(N)C1. The lowest BCUT2D eigenvalue weighted by atomic mass is 9.62. The number of carbonyl (C=O) groups excluding carboxylic acids is 1. The molecule has 98 valence electrons. The van der Waals surface area contributed by atoms with Gasteiger partial charge in [-0.1, -0.05) is 6.07 Å². The van der Waals surface area contributed by atoms with Crippen molar-refractivity contribution in [1.29, 1.82) is 0 Å². The first kappa shape index (κ1) is 13.5. The summed E-state index contributed by atoms with van der Waals surface area (Å²) in [4.78, 5) is 12.1. The summed E-state index contributed by atoms with van der Waals surface area (Å²) < 4.78 is 18.7. The van der Waals surface area contributed by atoms with Gasteiger partial charge in [0, 0.05) is 6.04 Å². The van der Waals surface area contributed by atoms with Crippen LogP contribution >= 0.6 is 15.9 Å². The molecule has 0 aromatic heterocycles. The first-order valence-corrected chi connectivity index (χ1v) is 6.67. The first-order chi connectivity index (χ1) is 8.49. The van der Waals surface area contributed by atoms with Crippen LogP contribution in [0.2, 0.25) is 0 Å². The molecular weight excluding hydrogens is 301 g/mol. The van der Waals surface area contributed by atoms with Gasteiger partial charge in [-0.05, 0) is 53.4 Å². The zero-order valence-electron chi connectivity index (χ0n) is 10.1. The molecule has 1 aromatic carbocycles. The Bertz CT molecular complexity index is 472. The van der Waals surface area contributed by atoms with E-state index in [2.05, 4.69) is 15.9 Å². The van der Waals surface area contributed by atoms with Gasteiger partial charge in [0.2, 0.25) is 0 Å². The van der Waals surface area contributed by atoms with Crippen molar-refractivity contribution in [3.63, 3.8) is 0 Å². The molecule has 5 heteroatoms. The third-order valence-electron chi connectivity index (χ3n) is 3.36. The van der Waals surface area contributed by atoms with E-state index in [0.717, 1.165) is 5.56 Å². The van der Waals surface area contributed by atoms with Gasteiger partial charge in [-0.15, -0.1) is 0 Å². The van der Waals surface area contributed by atoms with Crippen molar-refractivity contribution in [2.75, 3.05) is 6.61 Å². The zero-order valence-corrected chi connectivity index (χ0v) is 11.7. The fourth-order valence-corrected chi connectivity index (χ4v) is 2.80. The van der Waals surface area contributed by atoms with Crippen molar-refractivity contribution in [3.05, 3.63) is 34.1 Å².